The second kappa shape index (κ2) is 11.7. The number of hydrogen-bond acceptors (Lipinski definition) is 4. The number of hydrogen-bond donors (Lipinski definition) is 1. The number of nitriles is 1. The molecule has 0 saturated carbocycles. The van der Waals surface area contributed by atoms with Gasteiger partial charge in [0.15, 0.2) is 0 Å². The van der Waals surface area contributed by atoms with Crippen LogP contribution in [0.2, 0.25) is 5.02 Å². The average Bonchev–Trinajstić information content (AvgIpc) is 2.82. The number of nitrogens with one attached hydrogen (secondary N) is 1. The first-order valence-electron chi connectivity index (χ1n) is 11.1. The minimum Gasteiger partial charge on any atom is -0.339 e. The molecule has 32 heavy (non-hydrogen) atoms. The zero-order valence-corrected chi connectivity index (χ0v) is 19.1. The molecule has 1 saturated heterocycles. The summed E-state index contributed by atoms with van der Waals surface area (Å²) in [5.74, 6) is 0.00937. The van der Waals surface area contributed by atoms with Crippen molar-refractivity contribution in [2.75, 3.05) is 31.5 Å². The van der Waals surface area contributed by atoms with Crippen LogP contribution in [-0.2, 0) is 4.79 Å². The molecule has 1 aliphatic heterocycles. The minimum atomic E-state index is -0.0800. The molecule has 1 aliphatic rings. The molecule has 2 aromatic rings. The monoisotopic (exact) mass is 452 g/mol. The Morgan fingerprint density at radius 3 is 2.50 bits per heavy atom. The third-order valence-electron chi connectivity index (χ3n) is 5.80. The van der Waals surface area contributed by atoms with Crippen molar-refractivity contribution < 1.29 is 9.59 Å². The standard InChI is InChI=1S/C25H29ClN4O2/c1-2-13-29(16-12-24(31)28-21-9-8-20(18-27)23(26)17-21)22-10-14-30(15-11-22)25(32)19-6-4-3-5-7-19/h3-9,17,22H,2,10-16H2,1H3,(H,28,31). The molecule has 7 heteroatoms. The van der Waals surface area contributed by atoms with Crippen molar-refractivity contribution in [3.63, 3.8) is 0 Å². The van der Waals surface area contributed by atoms with E-state index in [1.54, 1.807) is 18.2 Å². The molecule has 168 valence electrons. The Balaban J connectivity index is 1.50. The Bertz CT molecular complexity index is 966. The molecule has 0 bridgehead atoms. The van der Waals surface area contributed by atoms with Crippen molar-refractivity contribution in [3.05, 3.63) is 64.7 Å². The Labute approximate surface area is 194 Å². The molecule has 0 spiro atoms. The van der Waals surface area contributed by atoms with Gasteiger partial charge in [0.25, 0.3) is 5.91 Å². The highest BCUT2D eigenvalue weighted by molar-refractivity contribution is 6.32. The summed E-state index contributed by atoms with van der Waals surface area (Å²) in [7, 11) is 0. The first-order valence-corrected chi connectivity index (χ1v) is 11.5. The summed E-state index contributed by atoms with van der Waals surface area (Å²) >= 11 is 6.05. The van der Waals surface area contributed by atoms with E-state index in [0.29, 0.717) is 35.3 Å². The lowest BCUT2D eigenvalue weighted by molar-refractivity contribution is -0.116. The summed E-state index contributed by atoms with van der Waals surface area (Å²) in [5, 5.41) is 12.2. The van der Waals surface area contributed by atoms with Gasteiger partial charge in [-0.1, -0.05) is 36.7 Å². The molecule has 3 rings (SSSR count). The average molecular weight is 453 g/mol. The van der Waals surface area contributed by atoms with Crippen molar-refractivity contribution in [3.8, 4) is 6.07 Å². The van der Waals surface area contributed by atoms with Crippen molar-refractivity contribution in [1.29, 1.82) is 5.26 Å². The number of benzene rings is 2. The van der Waals surface area contributed by atoms with E-state index >= 15 is 0 Å². The minimum absolute atomic E-state index is 0.0800. The normalized spacial score (nSPS) is 14.2. The number of amides is 2. The van der Waals surface area contributed by atoms with E-state index in [0.717, 1.165) is 44.5 Å². The predicted molar refractivity (Wildman–Crippen MR) is 127 cm³/mol. The van der Waals surface area contributed by atoms with Crippen LogP contribution in [0.3, 0.4) is 0 Å². The maximum Gasteiger partial charge on any atom is 0.253 e. The number of rotatable bonds is 8. The van der Waals surface area contributed by atoms with Gasteiger partial charge in [0, 0.05) is 43.3 Å². The van der Waals surface area contributed by atoms with Crippen LogP contribution in [0.15, 0.2) is 48.5 Å². The zero-order chi connectivity index (χ0) is 22.9. The highest BCUT2D eigenvalue weighted by Gasteiger charge is 2.27. The molecule has 0 unspecified atom stereocenters. The maximum atomic E-state index is 12.7. The molecular weight excluding hydrogens is 424 g/mol. The Hall–Kier alpha value is -2.88. The van der Waals surface area contributed by atoms with Gasteiger partial charge >= 0.3 is 0 Å². The Morgan fingerprint density at radius 1 is 1.16 bits per heavy atom. The second-order valence-corrected chi connectivity index (χ2v) is 8.44. The van der Waals surface area contributed by atoms with E-state index in [1.807, 2.05) is 41.3 Å². The van der Waals surface area contributed by atoms with E-state index < -0.39 is 0 Å². The number of nitrogens with zero attached hydrogens (tertiary/aromatic N) is 3. The van der Waals surface area contributed by atoms with Gasteiger partial charge in [-0.25, -0.2) is 0 Å². The van der Waals surface area contributed by atoms with Crippen LogP contribution >= 0.6 is 11.6 Å². The summed E-state index contributed by atoms with van der Waals surface area (Å²) in [6.07, 6.45) is 3.20. The maximum absolute atomic E-state index is 12.7. The predicted octanol–water partition coefficient (Wildman–Crippen LogP) is 4.56. The van der Waals surface area contributed by atoms with Crippen molar-refractivity contribution in [2.45, 2.75) is 38.6 Å². The molecule has 2 aromatic carbocycles. The lowest BCUT2D eigenvalue weighted by Crippen LogP contribution is -2.47. The highest BCUT2D eigenvalue weighted by Crippen LogP contribution is 2.21. The molecule has 2 amide bonds. The molecule has 0 aliphatic carbocycles. The van der Waals surface area contributed by atoms with Gasteiger partial charge < -0.3 is 10.2 Å². The van der Waals surface area contributed by atoms with E-state index in [2.05, 4.69) is 17.1 Å². The van der Waals surface area contributed by atoms with Gasteiger partial charge in [-0.15, -0.1) is 0 Å². The van der Waals surface area contributed by atoms with Gasteiger partial charge in [0.1, 0.15) is 6.07 Å². The van der Waals surface area contributed by atoms with Gasteiger partial charge in [-0.3, -0.25) is 14.5 Å². The first kappa shape index (κ1) is 23.8. The molecule has 1 fully saturated rings. The fraction of sp³-hybridized carbons (Fsp3) is 0.400. The highest BCUT2D eigenvalue weighted by atomic mass is 35.5. The van der Waals surface area contributed by atoms with Gasteiger partial charge in [-0.2, -0.15) is 5.26 Å². The SMILES string of the molecule is CCCN(CCC(=O)Nc1ccc(C#N)c(Cl)c1)C1CCN(C(=O)c2ccccc2)CC1. The molecule has 1 heterocycles. The van der Waals surface area contributed by atoms with Crippen LogP contribution in [0.1, 0.15) is 48.5 Å². The number of likely N-dealkylation sites (tertiary alicyclic amines) is 1. The first-order chi connectivity index (χ1) is 15.5. The van der Waals surface area contributed by atoms with Crippen LogP contribution in [0, 0.1) is 11.3 Å². The van der Waals surface area contributed by atoms with Crippen molar-refractivity contribution in [1.82, 2.24) is 9.80 Å². The van der Waals surface area contributed by atoms with Crippen LogP contribution in [0.4, 0.5) is 5.69 Å². The van der Waals surface area contributed by atoms with Crippen molar-refractivity contribution >= 4 is 29.1 Å². The van der Waals surface area contributed by atoms with E-state index in [9.17, 15) is 9.59 Å². The molecular formula is C25H29ClN4O2. The Kier molecular flexibility index (Phi) is 8.66. The van der Waals surface area contributed by atoms with Crippen LogP contribution in [0.5, 0.6) is 0 Å². The number of piperidine rings is 1. The third kappa shape index (κ3) is 6.32. The largest absolute Gasteiger partial charge is 0.339 e. The van der Waals surface area contributed by atoms with Gasteiger partial charge in [-0.05, 0) is 56.1 Å². The van der Waals surface area contributed by atoms with Gasteiger partial charge in [0.05, 0.1) is 10.6 Å². The summed E-state index contributed by atoms with van der Waals surface area (Å²) in [6.45, 7) is 5.19. The Morgan fingerprint density at radius 2 is 1.88 bits per heavy atom. The zero-order valence-electron chi connectivity index (χ0n) is 18.4. The smallest absolute Gasteiger partial charge is 0.253 e. The van der Waals surface area contributed by atoms with Crippen molar-refractivity contribution in [2.24, 2.45) is 0 Å². The van der Waals surface area contributed by atoms with E-state index in [4.69, 9.17) is 16.9 Å². The van der Waals surface area contributed by atoms with Crippen LogP contribution in [-0.4, -0.2) is 53.8 Å². The fourth-order valence-electron chi connectivity index (χ4n) is 4.11. The second-order valence-electron chi connectivity index (χ2n) is 8.03. The summed E-state index contributed by atoms with van der Waals surface area (Å²) in [6, 6.07) is 16.7. The summed E-state index contributed by atoms with van der Waals surface area (Å²) in [5.41, 5.74) is 1.71. The lowest BCUT2D eigenvalue weighted by atomic mass is 10.0. The molecule has 1 N–H and O–H groups in total. The number of anilines is 1. The fourth-order valence-corrected chi connectivity index (χ4v) is 4.34. The summed E-state index contributed by atoms with van der Waals surface area (Å²) in [4.78, 5) is 29.5. The number of carbonyl (C=O) groups is 2. The number of halogens is 1. The van der Waals surface area contributed by atoms with Crippen LogP contribution in [0.25, 0.3) is 0 Å². The van der Waals surface area contributed by atoms with Gasteiger partial charge in [0.2, 0.25) is 5.91 Å². The van der Waals surface area contributed by atoms with E-state index in [1.165, 1.54) is 0 Å². The third-order valence-corrected chi connectivity index (χ3v) is 6.11. The summed E-state index contributed by atoms with van der Waals surface area (Å²) < 4.78 is 0. The molecule has 6 nitrogen and oxygen atoms in total. The molecule has 0 aromatic heterocycles. The lowest BCUT2D eigenvalue weighted by Gasteiger charge is -2.38. The molecule has 0 atom stereocenters. The van der Waals surface area contributed by atoms with E-state index in [-0.39, 0.29) is 11.8 Å². The molecule has 0 radical (unpaired) electrons. The number of carbonyl (C=O) groups excluding carboxylic acids is 2. The quantitative estimate of drug-likeness (QED) is 0.637. The topological polar surface area (TPSA) is 76.4 Å². The van der Waals surface area contributed by atoms with Crippen LogP contribution < -0.4 is 5.32 Å².